The van der Waals surface area contributed by atoms with Crippen LogP contribution in [0.25, 0.3) is 22.8 Å². The molecule has 14 heteroatoms. The number of hydrogen-bond acceptors (Lipinski definition) is 5. The summed E-state index contributed by atoms with van der Waals surface area (Å²) in [6.07, 6.45) is -6.12. The number of alkyl halides is 6. The van der Waals surface area contributed by atoms with Gasteiger partial charge in [-0.15, -0.1) is 0 Å². The highest BCUT2D eigenvalue weighted by Gasteiger charge is 2.38. The summed E-state index contributed by atoms with van der Waals surface area (Å²) in [7, 11) is 0. The fraction of sp³-hybridized carbons (Fsp3) is 0.167. The zero-order chi connectivity index (χ0) is 27.2. The summed E-state index contributed by atoms with van der Waals surface area (Å²) in [6, 6.07) is 4.96. The fourth-order valence-corrected chi connectivity index (χ4v) is 3.86. The topological polar surface area (TPSA) is 70.1 Å². The van der Waals surface area contributed by atoms with Gasteiger partial charge in [0.25, 0.3) is 0 Å². The Balaban J connectivity index is 1.34. The molecule has 2 aromatic heterocycles. The van der Waals surface area contributed by atoms with E-state index in [1.807, 2.05) is 0 Å². The van der Waals surface area contributed by atoms with Crippen LogP contribution in [0.3, 0.4) is 0 Å². The summed E-state index contributed by atoms with van der Waals surface area (Å²) in [5, 5.41) is 5.77. The molecule has 3 heterocycles. The third-order valence-electron chi connectivity index (χ3n) is 5.66. The second-order valence-electron chi connectivity index (χ2n) is 8.29. The Morgan fingerprint density at radius 2 is 1.63 bits per heavy atom. The molecule has 6 nitrogen and oxygen atoms in total. The normalized spacial score (nSPS) is 13.6. The van der Waals surface area contributed by atoms with Crippen molar-refractivity contribution in [1.29, 1.82) is 0 Å². The van der Waals surface area contributed by atoms with Gasteiger partial charge in [-0.3, -0.25) is 5.01 Å². The third kappa shape index (κ3) is 4.93. The summed E-state index contributed by atoms with van der Waals surface area (Å²) in [6.45, 7) is 0.312. The van der Waals surface area contributed by atoms with Crippen molar-refractivity contribution < 1.29 is 35.1 Å². The van der Waals surface area contributed by atoms with Gasteiger partial charge in [0.2, 0.25) is 0 Å². The van der Waals surface area contributed by atoms with Gasteiger partial charge in [-0.2, -0.15) is 31.4 Å². The number of nitrogens with zero attached hydrogens (tertiary/aromatic N) is 5. The Hall–Kier alpha value is -4.36. The van der Waals surface area contributed by atoms with Gasteiger partial charge in [0.05, 0.1) is 41.7 Å². The number of H-pyrrole nitrogens is 1. The van der Waals surface area contributed by atoms with Crippen LogP contribution in [0.4, 0.5) is 35.1 Å². The molecule has 0 atom stereocenters. The molecule has 0 radical (unpaired) electrons. The molecular formula is C24H14F8N6. The van der Waals surface area contributed by atoms with Crippen molar-refractivity contribution >= 4 is 6.21 Å². The Kier molecular flexibility index (Phi) is 6.12. The van der Waals surface area contributed by atoms with Crippen LogP contribution in [0.15, 0.2) is 53.9 Å². The Labute approximate surface area is 208 Å². The monoisotopic (exact) mass is 538 g/mol. The predicted octanol–water partition coefficient (Wildman–Crippen LogP) is 6.20. The molecule has 0 bridgehead atoms. The highest BCUT2D eigenvalue weighted by atomic mass is 19.4. The number of imidazole rings is 1. The number of benzene rings is 2. The first kappa shape index (κ1) is 25.3. The maximum absolute atomic E-state index is 14.1. The van der Waals surface area contributed by atoms with Crippen molar-refractivity contribution in [1.82, 2.24) is 24.9 Å². The lowest BCUT2D eigenvalue weighted by molar-refractivity contribution is -0.142. The van der Waals surface area contributed by atoms with Crippen molar-refractivity contribution in [3.8, 4) is 22.8 Å². The molecule has 0 unspecified atom stereocenters. The SMILES string of the molecule is Fc1cccc(-c2nc3c([nH]2)CN(Cc2cnc(-c4ccc(C(F)(F)F)cc4C(F)(F)F)nc2)N=C3)c1F. The van der Waals surface area contributed by atoms with E-state index >= 15 is 0 Å². The van der Waals surface area contributed by atoms with E-state index in [-0.39, 0.29) is 30.5 Å². The van der Waals surface area contributed by atoms with E-state index in [1.165, 1.54) is 30.7 Å². The van der Waals surface area contributed by atoms with E-state index in [9.17, 15) is 35.1 Å². The van der Waals surface area contributed by atoms with Crippen LogP contribution < -0.4 is 0 Å². The molecule has 2 aromatic carbocycles. The summed E-state index contributed by atoms with van der Waals surface area (Å²) < 4.78 is 107. The van der Waals surface area contributed by atoms with Crippen LogP contribution in [0.1, 0.15) is 28.1 Å². The van der Waals surface area contributed by atoms with Gasteiger partial charge >= 0.3 is 12.4 Å². The van der Waals surface area contributed by atoms with Crippen LogP contribution in [-0.2, 0) is 25.4 Å². The summed E-state index contributed by atoms with van der Waals surface area (Å²) in [5.41, 5.74) is -2.14. The zero-order valence-electron chi connectivity index (χ0n) is 18.9. The van der Waals surface area contributed by atoms with Crippen LogP contribution in [0.2, 0.25) is 0 Å². The molecule has 5 rings (SSSR count). The van der Waals surface area contributed by atoms with Crippen molar-refractivity contribution in [2.24, 2.45) is 5.10 Å². The second kappa shape index (κ2) is 9.19. The second-order valence-corrected chi connectivity index (χ2v) is 8.29. The van der Waals surface area contributed by atoms with Gasteiger partial charge in [-0.05, 0) is 30.3 Å². The number of fused-ring (bicyclic) bond motifs is 1. The smallest absolute Gasteiger partial charge is 0.340 e. The number of hydrazone groups is 1. The predicted molar refractivity (Wildman–Crippen MR) is 118 cm³/mol. The molecule has 4 aromatic rings. The number of aromatic amines is 1. The van der Waals surface area contributed by atoms with Gasteiger partial charge < -0.3 is 4.98 Å². The molecule has 0 saturated carbocycles. The largest absolute Gasteiger partial charge is 0.417 e. The van der Waals surface area contributed by atoms with Gasteiger partial charge in [0.15, 0.2) is 17.5 Å². The lowest BCUT2D eigenvalue weighted by atomic mass is 10.0. The maximum Gasteiger partial charge on any atom is 0.417 e. The van der Waals surface area contributed by atoms with Crippen LogP contribution >= 0.6 is 0 Å². The highest BCUT2D eigenvalue weighted by molar-refractivity contribution is 5.80. The minimum Gasteiger partial charge on any atom is -0.340 e. The van der Waals surface area contributed by atoms with Crippen molar-refractivity contribution in [2.45, 2.75) is 25.4 Å². The number of rotatable bonds is 4. The molecule has 196 valence electrons. The van der Waals surface area contributed by atoms with E-state index < -0.39 is 46.5 Å². The lowest BCUT2D eigenvalue weighted by Gasteiger charge is -2.21. The van der Waals surface area contributed by atoms with E-state index in [0.717, 1.165) is 6.07 Å². The third-order valence-corrected chi connectivity index (χ3v) is 5.66. The van der Waals surface area contributed by atoms with Crippen LogP contribution in [-0.4, -0.2) is 31.2 Å². The summed E-state index contributed by atoms with van der Waals surface area (Å²) in [5.74, 6) is -2.35. The molecule has 0 fully saturated rings. The molecule has 0 aliphatic carbocycles. The summed E-state index contributed by atoms with van der Waals surface area (Å²) >= 11 is 0. The molecule has 1 aliphatic rings. The molecule has 0 spiro atoms. The van der Waals surface area contributed by atoms with Gasteiger partial charge in [-0.25, -0.2) is 23.7 Å². The van der Waals surface area contributed by atoms with E-state index in [2.05, 4.69) is 25.0 Å². The zero-order valence-corrected chi connectivity index (χ0v) is 18.9. The molecule has 0 saturated heterocycles. The Morgan fingerprint density at radius 1 is 0.895 bits per heavy atom. The first-order chi connectivity index (χ1) is 17.9. The first-order valence-corrected chi connectivity index (χ1v) is 10.8. The number of nitrogens with one attached hydrogen (secondary N) is 1. The average Bonchev–Trinajstić information content (AvgIpc) is 3.28. The van der Waals surface area contributed by atoms with Crippen molar-refractivity contribution in [3.05, 3.63) is 88.5 Å². The molecule has 1 aliphatic heterocycles. The molecule has 0 amide bonds. The van der Waals surface area contributed by atoms with Crippen LogP contribution in [0, 0.1) is 11.6 Å². The van der Waals surface area contributed by atoms with Gasteiger partial charge in [-0.1, -0.05) is 6.07 Å². The Morgan fingerprint density at radius 3 is 2.32 bits per heavy atom. The first-order valence-electron chi connectivity index (χ1n) is 10.8. The standard InChI is InChI=1S/C24H14F8N6/c25-17-3-1-2-15(20(17)26)22-36-18-9-35-38(11-19(18)37-22)10-12-7-33-21(34-8-12)14-5-4-13(23(27,28)29)6-16(14)24(30,31)32/h1-9H,10-11H2,(H,36,37). The van der Waals surface area contributed by atoms with Gasteiger partial charge in [0, 0.05) is 23.5 Å². The number of aromatic nitrogens is 4. The average molecular weight is 538 g/mol. The highest BCUT2D eigenvalue weighted by Crippen LogP contribution is 2.40. The van der Waals surface area contributed by atoms with Crippen LogP contribution in [0.5, 0.6) is 0 Å². The number of halogens is 8. The van der Waals surface area contributed by atoms with E-state index in [0.29, 0.717) is 29.1 Å². The minimum atomic E-state index is -5.06. The van der Waals surface area contributed by atoms with E-state index in [1.54, 1.807) is 5.01 Å². The molecule has 1 N–H and O–H groups in total. The van der Waals surface area contributed by atoms with Crippen molar-refractivity contribution in [2.75, 3.05) is 0 Å². The van der Waals surface area contributed by atoms with E-state index in [4.69, 9.17) is 0 Å². The van der Waals surface area contributed by atoms with Gasteiger partial charge in [0.1, 0.15) is 11.5 Å². The lowest BCUT2D eigenvalue weighted by Crippen LogP contribution is -2.21. The quantitative estimate of drug-likeness (QED) is 0.314. The molecule has 38 heavy (non-hydrogen) atoms. The Bertz CT molecular complexity index is 1520. The maximum atomic E-state index is 14.1. The van der Waals surface area contributed by atoms with Crippen molar-refractivity contribution in [3.63, 3.8) is 0 Å². The minimum absolute atomic E-state index is 0.0288. The fourth-order valence-electron chi connectivity index (χ4n) is 3.86. The number of hydrogen-bond donors (Lipinski definition) is 1. The summed E-state index contributed by atoms with van der Waals surface area (Å²) in [4.78, 5) is 15.0. The molecular weight excluding hydrogens is 524 g/mol.